The molecule has 2 aromatic rings. The van der Waals surface area contributed by atoms with Crippen molar-refractivity contribution in [2.24, 2.45) is 0 Å². The number of aliphatic hydroxyl groups excluding tert-OH is 1. The summed E-state index contributed by atoms with van der Waals surface area (Å²) in [7, 11) is 0. The van der Waals surface area contributed by atoms with Gasteiger partial charge in [-0.3, -0.25) is 9.59 Å². The van der Waals surface area contributed by atoms with Gasteiger partial charge in [-0.1, -0.05) is 19.1 Å². The van der Waals surface area contributed by atoms with Crippen molar-refractivity contribution in [2.75, 3.05) is 13.2 Å². The number of phenols is 1. The van der Waals surface area contributed by atoms with Crippen LogP contribution in [0.4, 0.5) is 0 Å². The van der Waals surface area contributed by atoms with Crippen LogP contribution in [0.1, 0.15) is 36.1 Å². The highest BCUT2D eigenvalue weighted by atomic mass is 16.5. The number of hydrogen-bond donors (Lipinski definition) is 2. The van der Waals surface area contributed by atoms with Crippen LogP contribution in [0.25, 0.3) is 5.76 Å². The zero-order valence-electron chi connectivity index (χ0n) is 15.5. The van der Waals surface area contributed by atoms with Gasteiger partial charge in [-0.2, -0.15) is 0 Å². The molecule has 0 saturated carbocycles. The van der Waals surface area contributed by atoms with Crippen LogP contribution in [-0.4, -0.2) is 40.0 Å². The van der Waals surface area contributed by atoms with Crippen LogP contribution >= 0.6 is 0 Å². The summed E-state index contributed by atoms with van der Waals surface area (Å²) < 4.78 is 5.49. The second kappa shape index (κ2) is 7.03. The molecule has 2 aromatic carbocycles. The molecule has 6 heteroatoms. The Morgan fingerprint density at radius 2 is 2.04 bits per heavy atom. The van der Waals surface area contributed by atoms with Gasteiger partial charge in [0.25, 0.3) is 11.7 Å². The average molecular weight is 379 g/mol. The highest BCUT2D eigenvalue weighted by molar-refractivity contribution is 6.46. The molecule has 0 aromatic heterocycles. The minimum Gasteiger partial charge on any atom is -0.508 e. The largest absolute Gasteiger partial charge is 0.508 e. The number of ketones is 1. The average Bonchev–Trinajstić information content (AvgIpc) is 3.25. The number of amides is 1. The lowest BCUT2D eigenvalue weighted by atomic mass is 9.94. The Labute approximate surface area is 162 Å². The number of carbonyl (C=O) groups excluding carboxylic acids is 2. The van der Waals surface area contributed by atoms with Crippen LogP contribution in [0.5, 0.6) is 11.5 Å². The van der Waals surface area contributed by atoms with Crippen molar-refractivity contribution in [3.63, 3.8) is 0 Å². The molecule has 0 spiro atoms. The Morgan fingerprint density at radius 1 is 1.21 bits per heavy atom. The Balaban J connectivity index is 1.87. The highest BCUT2D eigenvalue weighted by Crippen LogP contribution is 2.40. The van der Waals surface area contributed by atoms with Crippen LogP contribution in [-0.2, 0) is 16.0 Å². The smallest absolute Gasteiger partial charge is 0.295 e. The van der Waals surface area contributed by atoms with Gasteiger partial charge in [0.2, 0.25) is 0 Å². The third-order valence-corrected chi connectivity index (χ3v) is 5.15. The summed E-state index contributed by atoms with van der Waals surface area (Å²) in [5.74, 6) is -0.751. The van der Waals surface area contributed by atoms with Crippen LogP contribution in [0.3, 0.4) is 0 Å². The van der Waals surface area contributed by atoms with Crippen molar-refractivity contribution in [1.29, 1.82) is 0 Å². The van der Waals surface area contributed by atoms with E-state index in [4.69, 9.17) is 4.74 Å². The third-order valence-electron chi connectivity index (χ3n) is 5.15. The zero-order chi connectivity index (χ0) is 19.8. The van der Waals surface area contributed by atoms with E-state index in [1.807, 2.05) is 6.92 Å². The Kier molecular flexibility index (Phi) is 4.55. The van der Waals surface area contributed by atoms with Crippen molar-refractivity contribution >= 4 is 17.4 Å². The molecule has 0 bridgehead atoms. The predicted molar refractivity (Wildman–Crippen MR) is 103 cm³/mol. The molecule has 2 aliphatic rings. The number of rotatable bonds is 4. The summed E-state index contributed by atoms with van der Waals surface area (Å²) in [6.45, 7) is 2.88. The Bertz CT molecular complexity index is 994. The number of Topliss-reactive ketones (excluding diaryl/α,β-unsaturated/α-hetero) is 1. The molecule has 1 fully saturated rings. The molecule has 1 saturated heterocycles. The summed E-state index contributed by atoms with van der Waals surface area (Å²) in [6, 6.07) is 10.9. The minimum absolute atomic E-state index is 0.0364. The van der Waals surface area contributed by atoms with Gasteiger partial charge in [-0.15, -0.1) is 0 Å². The summed E-state index contributed by atoms with van der Waals surface area (Å²) >= 11 is 0. The molecule has 2 N–H and O–H groups in total. The molecule has 2 heterocycles. The van der Waals surface area contributed by atoms with Crippen molar-refractivity contribution in [3.05, 3.63) is 64.7 Å². The van der Waals surface area contributed by atoms with Crippen LogP contribution in [0, 0.1) is 0 Å². The number of likely N-dealkylation sites (tertiary alicyclic amines) is 1. The fourth-order valence-corrected chi connectivity index (χ4v) is 3.88. The topological polar surface area (TPSA) is 87.1 Å². The van der Waals surface area contributed by atoms with E-state index >= 15 is 0 Å². The molecule has 144 valence electrons. The number of ether oxygens (including phenoxy) is 1. The van der Waals surface area contributed by atoms with Crippen molar-refractivity contribution in [2.45, 2.75) is 25.8 Å². The first kappa shape index (κ1) is 18.1. The number of benzene rings is 2. The number of phenolic OH excluding ortho intramolecular Hbond substituents is 1. The van der Waals surface area contributed by atoms with Gasteiger partial charge in [-0.25, -0.2) is 0 Å². The molecule has 6 nitrogen and oxygen atoms in total. The Hall–Kier alpha value is -3.28. The van der Waals surface area contributed by atoms with Gasteiger partial charge in [0.15, 0.2) is 0 Å². The maximum atomic E-state index is 12.8. The van der Waals surface area contributed by atoms with Gasteiger partial charge in [0.1, 0.15) is 17.3 Å². The van der Waals surface area contributed by atoms with E-state index in [1.54, 1.807) is 30.3 Å². The van der Waals surface area contributed by atoms with E-state index in [0.29, 0.717) is 30.7 Å². The molecule has 28 heavy (non-hydrogen) atoms. The van der Waals surface area contributed by atoms with E-state index in [1.165, 1.54) is 17.0 Å². The third kappa shape index (κ3) is 2.91. The van der Waals surface area contributed by atoms with Gasteiger partial charge in [-0.05, 0) is 47.9 Å². The summed E-state index contributed by atoms with van der Waals surface area (Å²) in [4.78, 5) is 26.9. The molecule has 1 atom stereocenters. The van der Waals surface area contributed by atoms with E-state index in [0.717, 1.165) is 17.7 Å². The lowest BCUT2D eigenvalue weighted by Crippen LogP contribution is -2.30. The second-order valence-electron chi connectivity index (χ2n) is 7.01. The molecule has 4 rings (SSSR count). The zero-order valence-corrected chi connectivity index (χ0v) is 15.5. The standard InChI is InChI=1S/C22H21NO5/c1-2-9-23-19(14-4-3-5-16(24)12-14)18(21(26)22(23)27)20(25)15-6-7-17-13(11-15)8-10-28-17/h3-7,11-12,19,24-25H,2,8-10H2,1H3/b20-18-. The van der Waals surface area contributed by atoms with Crippen LogP contribution in [0.15, 0.2) is 48.0 Å². The van der Waals surface area contributed by atoms with E-state index < -0.39 is 17.7 Å². The maximum absolute atomic E-state index is 12.8. The number of nitrogens with zero attached hydrogens (tertiary/aromatic N) is 1. The first-order valence-corrected chi connectivity index (χ1v) is 9.34. The minimum atomic E-state index is -0.739. The highest BCUT2D eigenvalue weighted by Gasteiger charge is 2.45. The first-order valence-electron chi connectivity index (χ1n) is 9.34. The normalized spacial score (nSPS) is 20.3. The van der Waals surface area contributed by atoms with Gasteiger partial charge in [0, 0.05) is 18.5 Å². The van der Waals surface area contributed by atoms with Gasteiger partial charge < -0.3 is 19.8 Å². The van der Waals surface area contributed by atoms with Crippen LogP contribution in [0.2, 0.25) is 0 Å². The molecule has 2 aliphatic heterocycles. The molecule has 1 unspecified atom stereocenters. The molecule has 0 radical (unpaired) electrons. The van der Waals surface area contributed by atoms with Crippen molar-refractivity contribution in [1.82, 2.24) is 4.90 Å². The first-order chi connectivity index (χ1) is 13.5. The van der Waals surface area contributed by atoms with Crippen LogP contribution < -0.4 is 4.74 Å². The molecular weight excluding hydrogens is 358 g/mol. The van der Waals surface area contributed by atoms with Gasteiger partial charge in [0.05, 0.1) is 18.2 Å². The number of fused-ring (bicyclic) bond motifs is 1. The maximum Gasteiger partial charge on any atom is 0.295 e. The monoisotopic (exact) mass is 379 g/mol. The number of aliphatic hydroxyl groups is 1. The molecule has 0 aliphatic carbocycles. The number of hydrogen-bond acceptors (Lipinski definition) is 5. The lowest BCUT2D eigenvalue weighted by Gasteiger charge is -2.25. The van der Waals surface area contributed by atoms with E-state index in [-0.39, 0.29) is 17.1 Å². The predicted octanol–water partition coefficient (Wildman–Crippen LogP) is 3.16. The second-order valence-corrected chi connectivity index (χ2v) is 7.01. The van der Waals surface area contributed by atoms with E-state index in [2.05, 4.69) is 0 Å². The van der Waals surface area contributed by atoms with E-state index in [9.17, 15) is 19.8 Å². The fourth-order valence-electron chi connectivity index (χ4n) is 3.88. The van der Waals surface area contributed by atoms with Gasteiger partial charge >= 0.3 is 0 Å². The SMILES string of the molecule is CCCN1C(=O)C(=O)/C(=C(\O)c2ccc3c(c2)CCO3)C1c1cccc(O)c1. The number of aromatic hydroxyl groups is 1. The van der Waals surface area contributed by atoms with Crippen molar-refractivity contribution in [3.8, 4) is 11.5 Å². The Morgan fingerprint density at radius 3 is 2.79 bits per heavy atom. The fraction of sp³-hybridized carbons (Fsp3) is 0.273. The lowest BCUT2D eigenvalue weighted by molar-refractivity contribution is -0.139. The summed E-state index contributed by atoms with van der Waals surface area (Å²) in [6.07, 6.45) is 1.40. The number of carbonyl (C=O) groups is 2. The van der Waals surface area contributed by atoms with Crippen molar-refractivity contribution < 1.29 is 24.5 Å². The summed E-state index contributed by atoms with van der Waals surface area (Å²) in [5, 5.41) is 20.9. The quantitative estimate of drug-likeness (QED) is 0.484. The summed E-state index contributed by atoms with van der Waals surface area (Å²) in [5.41, 5.74) is 2.06. The molecule has 1 amide bonds. The molecular formula is C22H21NO5.